The second-order valence-electron chi connectivity index (χ2n) is 32.8. The zero-order valence-electron chi connectivity index (χ0n) is 68.3. The maximum Gasteiger partial charge on any atom is 0.179 e. The van der Waals surface area contributed by atoms with E-state index in [0.29, 0.717) is 11.8 Å². The fraction of sp³-hybridized carbons (Fsp3) is 0.173. The van der Waals surface area contributed by atoms with Gasteiger partial charge in [-0.15, -0.1) is 0 Å². The van der Waals surface area contributed by atoms with Crippen molar-refractivity contribution < 1.29 is 0 Å². The topological polar surface area (TPSA) is 155 Å². The first kappa shape index (κ1) is 73.6. The Morgan fingerprint density at radius 1 is 0.238 bits per heavy atom. The van der Waals surface area contributed by atoms with E-state index in [2.05, 4.69) is 338 Å². The van der Waals surface area contributed by atoms with E-state index in [-0.39, 0.29) is 24.7 Å². The van der Waals surface area contributed by atoms with Crippen LogP contribution >= 0.6 is 0 Å². The van der Waals surface area contributed by atoms with Gasteiger partial charge < -0.3 is 39.2 Å². The number of hydrogen-bond donors (Lipinski definition) is 0. The van der Waals surface area contributed by atoms with Crippen molar-refractivity contribution in [3.63, 3.8) is 0 Å². The Kier molecular flexibility index (Phi) is 18.6. The zero-order chi connectivity index (χ0) is 81.5. The molecule has 9 aliphatic rings. The Balaban J connectivity index is 0.0000000978. The molecular weight excluding hydrogens is 1500 g/mol. The lowest BCUT2D eigenvalue weighted by atomic mass is 10.0. The molecule has 8 aliphatic heterocycles. The highest BCUT2D eigenvalue weighted by atomic mass is 15.5. The van der Waals surface area contributed by atoms with E-state index >= 15 is 0 Å². The Morgan fingerprint density at radius 3 is 0.770 bits per heavy atom. The molecule has 16 aromatic rings. The van der Waals surface area contributed by atoms with Gasteiger partial charge in [0.2, 0.25) is 0 Å². The molecule has 18 heteroatoms. The lowest BCUT2D eigenvalue weighted by molar-refractivity contribution is 0.651. The molecule has 0 saturated heterocycles. The van der Waals surface area contributed by atoms with Crippen LogP contribution in [0.15, 0.2) is 328 Å². The molecule has 10 aromatic carbocycles. The first-order valence-corrected chi connectivity index (χ1v) is 42.7. The van der Waals surface area contributed by atoms with E-state index in [4.69, 9.17) is 39.9 Å². The first-order chi connectivity index (χ1) is 60.2. The van der Waals surface area contributed by atoms with Gasteiger partial charge in [0, 0.05) is 118 Å². The molecule has 4 unspecified atom stereocenters. The number of nitrogens with zero attached hydrogens (tertiary/aromatic N) is 18. The average Bonchev–Trinajstić information content (AvgIpc) is 1.58. The molecule has 1 aliphatic carbocycles. The minimum absolute atomic E-state index is 0.0840. The Bertz CT molecular complexity index is 6170. The van der Waals surface area contributed by atoms with Crippen LogP contribution in [0.1, 0.15) is 97.4 Å². The molecule has 594 valence electrons. The van der Waals surface area contributed by atoms with Crippen LogP contribution in [-0.4, -0.2) is 74.5 Å². The number of aryl methyl sites for hydroxylation is 2. The predicted molar refractivity (Wildman–Crippen MR) is 489 cm³/mol. The summed E-state index contributed by atoms with van der Waals surface area (Å²) in [4.78, 5) is 69.5. The molecule has 0 radical (unpaired) electrons. The monoisotopic (exact) mass is 1590 g/mol. The number of benzene rings is 10. The van der Waals surface area contributed by atoms with Crippen molar-refractivity contribution in [3.8, 4) is 45.0 Å². The van der Waals surface area contributed by atoms with E-state index in [1.165, 1.54) is 80.6 Å². The summed E-state index contributed by atoms with van der Waals surface area (Å²) in [6.45, 7) is 8.84. The third-order valence-corrected chi connectivity index (χ3v) is 24.7. The van der Waals surface area contributed by atoms with E-state index in [9.17, 15) is 0 Å². The summed E-state index contributed by atoms with van der Waals surface area (Å²) in [5.74, 6) is 8.27. The van der Waals surface area contributed by atoms with Gasteiger partial charge in [-0.05, 0) is 157 Å². The molecule has 14 heterocycles. The van der Waals surface area contributed by atoms with Gasteiger partial charge in [-0.1, -0.05) is 234 Å². The highest BCUT2D eigenvalue weighted by Crippen LogP contribution is 2.58. The fourth-order valence-electron chi connectivity index (χ4n) is 19.3. The maximum absolute atomic E-state index is 5.34. The number of pyridine rings is 2. The van der Waals surface area contributed by atoms with Crippen LogP contribution in [0.4, 0.5) is 92.0 Å². The summed E-state index contributed by atoms with van der Waals surface area (Å²) in [6.07, 6.45) is 16.2. The largest absolute Gasteiger partial charge is 0.301 e. The maximum atomic E-state index is 5.34. The zero-order valence-corrected chi connectivity index (χ0v) is 68.3. The highest BCUT2D eigenvalue weighted by molar-refractivity contribution is 5.95. The van der Waals surface area contributed by atoms with Gasteiger partial charge in [-0.3, -0.25) is 9.97 Å². The number of para-hydroxylation sites is 8. The van der Waals surface area contributed by atoms with Gasteiger partial charge >= 0.3 is 0 Å². The number of fused-ring (bicyclic) bond motifs is 21. The summed E-state index contributed by atoms with van der Waals surface area (Å²) in [5, 5.41) is 0. The summed E-state index contributed by atoms with van der Waals surface area (Å²) < 4.78 is 0. The summed E-state index contributed by atoms with van der Waals surface area (Å²) in [7, 11) is 0. The van der Waals surface area contributed by atoms with E-state index in [1.54, 1.807) is 12.4 Å². The van der Waals surface area contributed by atoms with Crippen LogP contribution in [0, 0.1) is 0 Å². The molecular formula is C104H88N18. The molecule has 122 heavy (non-hydrogen) atoms. The lowest BCUT2D eigenvalue weighted by Gasteiger charge is -2.26. The molecule has 0 amide bonds. The van der Waals surface area contributed by atoms with Crippen LogP contribution in [0.25, 0.3) is 45.0 Å². The first-order valence-electron chi connectivity index (χ1n) is 42.7. The van der Waals surface area contributed by atoms with Crippen molar-refractivity contribution in [1.82, 2.24) is 49.8 Å². The van der Waals surface area contributed by atoms with Crippen molar-refractivity contribution in [2.24, 2.45) is 0 Å². The van der Waals surface area contributed by atoms with Gasteiger partial charge in [0.1, 0.15) is 36.1 Å². The third-order valence-electron chi connectivity index (χ3n) is 24.7. The van der Waals surface area contributed by atoms with Crippen molar-refractivity contribution in [2.75, 3.05) is 39.2 Å². The highest BCUT2D eigenvalue weighted by Gasteiger charge is 2.51. The molecule has 0 N–H and O–H groups in total. The van der Waals surface area contributed by atoms with Gasteiger partial charge in [-0.2, -0.15) is 0 Å². The lowest BCUT2D eigenvalue weighted by Crippen LogP contribution is -2.36. The summed E-state index contributed by atoms with van der Waals surface area (Å²) in [5.41, 5.74) is 27.0. The van der Waals surface area contributed by atoms with E-state index < -0.39 is 0 Å². The van der Waals surface area contributed by atoms with Crippen molar-refractivity contribution in [1.29, 1.82) is 0 Å². The van der Waals surface area contributed by atoms with Gasteiger partial charge in [0.05, 0.1) is 34.2 Å². The molecule has 0 bridgehead atoms. The number of rotatable bonds is 10. The SMILES string of the molecule is CC(C)c1nc2c(nc1C(C)C)N1c3ccccc3CC1N2c1ccccc1.c1ccc(-c2nc3c(nc2-c2ccccc2)N2c4ccccc4CC2N3c2ccccc2)cc1.c1ccc(N2c3nc(-c4cccnc4)c(-c4cccnc4)nc3N3c4ccccc4CC23)cc1.c1ccc(N2c3nc4c(nc3N3c5ccccc5CC23)CCCC4)cc1. The Morgan fingerprint density at radius 2 is 0.475 bits per heavy atom. The molecule has 18 nitrogen and oxygen atoms in total. The predicted octanol–water partition coefficient (Wildman–Crippen LogP) is 23.2. The molecule has 0 fully saturated rings. The van der Waals surface area contributed by atoms with Crippen molar-refractivity contribution >= 4 is 92.0 Å². The van der Waals surface area contributed by atoms with Crippen LogP contribution < -0.4 is 39.2 Å². The van der Waals surface area contributed by atoms with E-state index in [0.717, 1.165) is 153 Å². The molecule has 4 atom stereocenters. The average molecular weight is 1590 g/mol. The summed E-state index contributed by atoms with van der Waals surface area (Å²) in [6, 6.07) is 106. The molecule has 0 saturated carbocycles. The van der Waals surface area contributed by atoms with E-state index in [1.807, 2.05) is 54.9 Å². The molecule has 25 rings (SSSR count). The quantitative estimate of drug-likeness (QED) is 0.127. The summed E-state index contributed by atoms with van der Waals surface area (Å²) >= 11 is 0. The van der Waals surface area contributed by atoms with Crippen LogP contribution in [-0.2, 0) is 38.5 Å². The minimum Gasteiger partial charge on any atom is -0.301 e. The van der Waals surface area contributed by atoms with Gasteiger partial charge in [-0.25, -0.2) is 39.9 Å². The normalized spacial score (nSPS) is 16.9. The van der Waals surface area contributed by atoms with Crippen LogP contribution in [0.5, 0.6) is 0 Å². The van der Waals surface area contributed by atoms with Crippen LogP contribution in [0.3, 0.4) is 0 Å². The second-order valence-corrected chi connectivity index (χ2v) is 32.8. The number of hydrogen-bond acceptors (Lipinski definition) is 18. The molecule has 0 spiro atoms. The van der Waals surface area contributed by atoms with Gasteiger partial charge in [0.25, 0.3) is 0 Å². The van der Waals surface area contributed by atoms with Crippen molar-refractivity contribution in [2.45, 2.75) is 116 Å². The third kappa shape index (κ3) is 12.7. The molecule has 6 aromatic heterocycles. The van der Waals surface area contributed by atoms with Gasteiger partial charge in [0.15, 0.2) is 46.5 Å². The number of anilines is 16. The standard InChI is InChI=1S/C30H22N4.C28H20N6.C24H26N4.C22H20N4/c1-4-12-21(13-5-1)27-28(22-14-6-2-7-15-22)32-30-29(31-27)33(24-17-8-3-9-18-24)26-20-23-16-10-11-19-25(23)34(26)30;1-2-11-22(12-3-1)33-24-16-19-8-4-5-13-23(19)34(24)28-27(33)31-25(20-9-6-14-29-17-20)26(32-28)21-10-7-15-30-18-21;1-15(2)21-22(16(3)4)26-24-23(25-21)27(18-11-6-5-7-12-18)20-14-17-10-8-9-13-19(17)28(20)24;1-2-9-16(10-3-1)25-20-14-15-8-4-7-13-19(15)26(20)22-21(25)23-17-11-5-6-12-18(17)24-22/h1-19,26H,20H2;1-15,17-18,24H,16H2;5-13,15-16,20H,14H2,1-4H3;1-4,7-10,13,20H,5-6,11-12,14H2. The Hall–Kier alpha value is -14.8. The smallest absolute Gasteiger partial charge is 0.179 e. The fourth-order valence-corrected chi connectivity index (χ4v) is 19.3. The number of aromatic nitrogens is 10. The minimum atomic E-state index is 0.0840. The van der Waals surface area contributed by atoms with Crippen LogP contribution in [0.2, 0.25) is 0 Å². The second kappa shape index (κ2) is 30.9. The van der Waals surface area contributed by atoms with Crippen molar-refractivity contribution in [3.05, 3.63) is 373 Å². The Labute approximate surface area is 710 Å².